The van der Waals surface area contributed by atoms with Crippen LogP contribution in [0.4, 0.5) is 5.69 Å². The van der Waals surface area contributed by atoms with Gasteiger partial charge in [-0.15, -0.1) is 0 Å². The van der Waals surface area contributed by atoms with Crippen LogP contribution in [0.1, 0.15) is 55.2 Å². The number of anilines is 1. The summed E-state index contributed by atoms with van der Waals surface area (Å²) in [4.78, 5) is 13.9. The molecular formula is C36H43BrClN5O5. The number of nitriles is 1. The maximum absolute atomic E-state index is 11.4. The number of carbonyl (C=O) groups is 1. The van der Waals surface area contributed by atoms with Gasteiger partial charge >= 0.3 is 5.97 Å². The van der Waals surface area contributed by atoms with E-state index in [4.69, 9.17) is 31.7 Å². The normalized spacial score (nSPS) is 13.5. The van der Waals surface area contributed by atoms with Crippen LogP contribution in [0.25, 0.3) is 11.1 Å². The predicted molar refractivity (Wildman–Crippen MR) is 192 cm³/mol. The average molecular weight is 741 g/mol. The summed E-state index contributed by atoms with van der Waals surface area (Å²) in [6.45, 7) is 4.38. The number of unbranched alkanes of at least 4 members (excludes halogenated alkanes) is 2. The van der Waals surface area contributed by atoms with Crippen molar-refractivity contribution in [1.29, 1.82) is 10.7 Å². The number of likely N-dealkylation sites (tertiary alicyclic amines) is 1. The molecule has 10 nitrogen and oxygen atoms in total. The molecule has 0 bridgehead atoms. The fourth-order valence-electron chi connectivity index (χ4n) is 5.61. The van der Waals surface area contributed by atoms with Gasteiger partial charge in [-0.25, -0.2) is 0 Å². The Labute approximate surface area is 295 Å². The van der Waals surface area contributed by atoms with Gasteiger partial charge in [-0.05, 0) is 90.9 Å². The van der Waals surface area contributed by atoms with Crippen molar-refractivity contribution < 1.29 is 24.5 Å². The highest BCUT2D eigenvalue weighted by molar-refractivity contribution is 9.10. The first-order valence-electron chi connectivity index (χ1n) is 16.3. The lowest BCUT2D eigenvalue weighted by Gasteiger charge is -2.18. The van der Waals surface area contributed by atoms with Crippen LogP contribution in [0.2, 0.25) is 5.02 Å². The van der Waals surface area contributed by atoms with E-state index in [2.05, 4.69) is 37.5 Å². The molecule has 256 valence electrons. The van der Waals surface area contributed by atoms with Crippen LogP contribution in [-0.2, 0) is 17.9 Å². The summed E-state index contributed by atoms with van der Waals surface area (Å²) in [5.41, 5.74) is 5.05. The lowest BCUT2D eigenvalue weighted by molar-refractivity contribution is -0.140. The Morgan fingerprint density at radius 3 is 2.58 bits per heavy atom. The van der Waals surface area contributed by atoms with Crippen LogP contribution in [0.15, 0.2) is 53.0 Å². The van der Waals surface area contributed by atoms with Gasteiger partial charge in [0.2, 0.25) is 0 Å². The van der Waals surface area contributed by atoms with Crippen LogP contribution >= 0.6 is 27.5 Å². The molecule has 1 saturated heterocycles. The molecule has 3 aromatic carbocycles. The second-order valence-electron chi connectivity index (χ2n) is 11.6. The Bertz CT molecular complexity index is 1580. The van der Waals surface area contributed by atoms with Gasteiger partial charge in [-0.3, -0.25) is 10.1 Å². The number of ether oxygens (including phenoxy) is 2. The first-order chi connectivity index (χ1) is 23.4. The summed E-state index contributed by atoms with van der Waals surface area (Å²) in [6, 6.07) is 16.2. The molecule has 12 heteroatoms. The Hall–Kier alpha value is -3.66. The number of carboxylic acids is 1. The van der Waals surface area contributed by atoms with Gasteiger partial charge in [-0.2, -0.15) is 5.26 Å². The van der Waals surface area contributed by atoms with E-state index in [9.17, 15) is 15.0 Å². The third kappa shape index (κ3) is 10.4. The van der Waals surface area contributed by atoms with Crippen LogP contribution in [-0.4, -0.2) is 72.7 Å². The minimum Gasteiger partial charge on any atom is -0.493 e. The van der Waals surface area contributed by atoms with Crippen molar-refractivity contribution >= 4 is 45.4 Å². The van der Waals surface area contributed by atoms with Crippen LogP contribution in [0, 0.1) is 16.7 Å². The molecule has 1 aliphatic heterocycles. The van der Waals surface area contributed by atoms with Crippen molar-refractivity contribution in [3.05, 3.63) is 74.7 Å². The number of nitrogens with zero attached hydrogens (tertiary/aromatic N) is 2. The average Bonchev–Trinajstić information content (AvgIpc) is 3.61. The molecule has 1 aliphatic rings. The number of aliphatic hydroxyl groups excluding tert-OH is 1. The third-order valence-corrected chi connectivity index (χ3v) is 9.47. The lowest BCUT2D eigenvalue weighted by Crippen LogP contribution is -2.39. The van der Waals surface area contributed by atoms with Crippen molar-refractivity contribution in [3.8, 4) is 28.7 Å². The van der Waals surface area contributed by atoms with E-state index in [1.165, 1.54) is 32.1 Å². The van der Waals surface area contributed by atoms with Gasteiger partial charge in [0.1, 0.15) is 24.1 Å². The third-order valence-electron chi connectivity index (χ3n) is 8.24. The predicted octanol–water partition coefficient (Wildman–Crippen LogP) is 6.85. The molecule has 4 rings (SSSR count). The number of benzene rings is 3. The largest absolute Gasteiger partial charge is 0.493 e. The summed E-state index contributed by atoms with van der Waals surface area (Å²) < 4.78 is 13.0. The highest BCUT2D eigenvalue weighted by atomic mass is 79.9. The number of rotatable bonds is 20. The summed E-state index contributed by atoms with van der Waals surface area (Å²) in [5.74, 6) is -0.362. The maximum atomic E-state index is 11.4. The van der Waals surface area contributed by atoms with E-state index in [0.717, 1.165) is 58.3 Å². The minimum atomic E-state index is -1.17. The van der Waals surface area contributed by atoms with Gasteiger partial charge in [-0.1, -0.05) is 41.9 Å². The highest BCUT2D eigenvalue weighted by Crippen LogP contribution is 2.37. The van der Waals surface area contributed by atoms with Crippen molar-refractivity contribution in [1.82, 2.24) is 10.2 Å². The van der Waals surface area contributed by atoms with Crippen molar-refractivity contribution in [2.24, 2.45) is 0 Å². The lowest BCUT2D eigenvalue weighted by atomic mass is 9.97. The maximum Gasteiger partial charge on any atom is 0.323 e. The highest BCUT2D eigenvalue weighted by Gasteiger charge is 2.19. The molecule has 48 heavy (non-hydrogen) atoms. The zero-order valence-electron chi connectivity index (χ0n) is 26.9. The van der Waals surface area contributed by atoms with E-state index in [1.54, 1.807) is 12.1 Å². The van der Waals surface area contributed by atoms with E-state index in [-0.39, 0.29) is 19.8 Å². The van der Waals surface area contributed by atoms with Crippen molar-refractivity contribution in [2.75, 3.05) is 44.7 Å². The molecule has 0 saturated carbocycles. The van der Waals surface area contributed by atoms with E-state index < -0.39 is 18.6 Å². The second kappa shape index (κ2) is 19.4. The summed E-state index contributed by atoms with van der Waals surface area (Å²) in [7, 11) is 0. The molecule has 1 atom stereocenters. The van der Waals surface area contributed by atoms with E-state index in [0.29, 0.717) is 34.9 Å². The van der Waals surface area contributed by atoms with Crippen molar-refractivity contribution in [3.63, 3.8) is 0 Å². The molecule has 3 aromatic rings. The summed E-state index contributed by atoms with van der Waals surface area (Å²) in [6.07, 6.45) is 7.06. The van der Waals surface area contributed by atoms with E-state index in [1.807, 2.05) is 36.4 Å². The molecule has 5 N–H and O–H groups in total. The van der Waals surface area contributed by atoms with Crippen LogP contribution in [0.3, 0.4) is 0 Å². The molecule has 0 aliphatic carbocycles. The van der Waals surface area contributed by atoms with Gasteiger partial charge < -0.3 is 35.3 Å². The van der Waals surface area contributed by atoms with Crippen LogP contribution < -0.4 is 20.1 Å². The molecule has 1 unspecified atom stereocenters. The minimum absolute atomic E-state index is 0.0839. The fourth-order valence-corrected chi connectivity index (χ4v) is 6.44. The summed E-state index contributed by atoms with van der Waals surface area (Å²) >= 11 is 10.4. The smallest absolute Gasteiger partial charge is 0.323 e. The molecule has 0 radical (unpaired) electrons. The first-order valence-corrected chi connectivity index (χ1v) is 17.4. The molecular weight excluding hydrogens is 698 g/mol. The number of halogens is 2. The second-order valence-corrected chi connectivity index (χ2v) is 12.8. The molecule has 0 aromatic heterocycles. The quantitative estimate of drug-likeness (QED) is 0.0619. The van der Waals surface area contributed by atoms with Gasteiger partial charge in [0.25, 0.3) is 0 Å². The Morgan fingerprint density at radius 2 is 1.85 bits per heavy atom. The molecule has 0 spiro atoms. The fraction of sp³-hybridized carbons (Fsp3) is 0.417. The Morgan fingerprint density at radius 1 is 1.08 bits per heavy atom. The summed E-state index contributed by atoms with van der Waals surface area (Å²) in [5, 5.41) is 42.5. The molecule has 1 fully saturated rings. The number of aliphatic hydroxyl groups is 1. The van der Waals surface area contributed by atoms with Gasteiger partial charge in [0.15, 0.2) is 0 Å². The van der Waals surface area contributed by atoms with E-state index >= 15 is 0 Å². The zero-order chi connectivity index (χ0) is 34.3. The Balaban J connectivity index is 1.47. The van der Waals surface area contributed by atoms with Gasteiger partial charge in [0, 0.05) is 58.6 Å². The topological polar surface area (TPSA) is 151 Å². The number of hydrogen-bond acceptors (Lipinski definition) is 9. The first kappa shape index (κ1) is 37.2. The molecule has 0 amide bonds. The Kier molecular flexibility index (Phi) is 15.0. The van der Waals surface area contributed by atoms with Crippen LogP contribution in [0.5, 0.6) is 11.5 Å². The monoisotopic (exact) mass is 739 g/mol. The van der Waals surface area contributed by atoms with Crippen molar-refractivity contribution in [2.45, 2.75) is 57.7 Å². The number of hydrogen-bond donors (Lipinski definition) is 5. The zero-order valence-corrected chi connectivity index (χ0v) is 29.3. The van der Waals surface area contributed by atoms with Gasteiger partial charge in [0.05, 0.1) is 24.3 Å². The SMILES string of the molecule is N#CCCCOc1cc(OCc2cccc(-c3cccc(NCCCCN4CCCC4)c3C=N)c2Br)c(Cl)cc1CNC(CO)C(=O)O. The number of nitrogens with one attached hydrogen (secondary N) is 3. The number of aliphatic carboxylic acids is 1. The molecule has 1 heterocycles. The number of carboxylic acid groups (broad SMARTS) is 1. The standard InChI is InChI=1S/C36H43BrClN5O5/c37-35-25(24-48-34-20-33(47-18-6-1-13-39)26(19-30(34)38)22-42-32(23-44)36(45)46)9-7-11-28(35)27-10-8-12-31(29(27)21-40)41-14-2-3-15-43-16-4-5-17-43/h7-12,19-21,32,40-42,44H,1-6,14-18,22-24H2,(H,45,46).